The van der Waals surface area contributed by atoms with Gasteiger partial charge in [0, 0.05) is 11.8 Å². The van der Waals surface area contributed by atoms with Crippen LogP contribution >= 0.6 is 0 Å². The van der Waals surface area contributed by atoms with E-state index >= 15 is 0 Å². The maximum atomic E-state index is 13.3. The molecule has 0 unspecified atom stereocenters. The van der Waals surface area contributed by atoms with Crippen LogP contribution in [0, 0.1) is 12.7 Å². The maximum absolute atomic E-state index is 13.3. The zero-order valence-corrected chi connectivity index (χ0v) is 8.49. The molecule has 0 saturated carbocycles. The summed E-state index contributed by atoms with van der Waals surface area (Å²) in [6.07, 6.45) is 2.48. The van der Waals surface area contributed by atoms with Crippen molar-refractivity contribution in [1.82, 2.24) is 9.78 Å². The second kappa shape index (κ2) is 4.00. The van der Waals surface area contributed by atoms with Crippen molar-refractivity contribution in [2.24, 2.45) is 0 Å². The Morgan fingerprint density at radius 3 is 2.56 bits per heavy atom. The van der Waals surface area contributed by atoms with Crippen LogP contribution in [-0.2, 0) is 0 Å². The molecule has 0 fully saturated rings. The standard InChI is InChI=1S/C11H9F3N2/c1-7-2-3-8(4-10(7)12)9-5-15-16(6-9)11(13)14/h2-6,11H,1H3. The van der Waals surface area contributed by atoms with Crippen LogP contribution in [0.5, 0.6) is 0 Å². The molecule has 1 aromatic carbocycles. The number of aryl methyl sites for hydroxylation is 1. The second-order valence-electron chi connectivity index (χ2n) is 3.45. The fourth-order valence-electron chi connectivity index (χ4n) is 1.37. The van der Waals surface area contributed by atoms with E-state index in [1.54, 1.807) is 19.1 Å². The van der Waals surface area contributed by atoms with Crippen LogP contribution < -0.4 is 0 Å². The van der Waals surface area contributed by atoms with Crippen LogP contribution in [0.3, 0.4) is 0 Å². The molecule has 2 aromatic rings. The largest absolute Gasteiger partial charge is 0.333 e. The number of nitrogens with zero attached hydrogens (tertiary/aromatic N) is 2. The first-order valence-electron chi connectivity index (χ1n) is 4.67. The van der Waals surface area contributed by atoms with Gasteiger partial charge in [-0.2, -0.15) is 13.9 Å². The fraction of sp³-hybridized carbons (Fsp3) is 0.182. The van der Waals surface area contributed by atoms with Crippen molar-refractivity contribution in [2.45, 2.75) is 13.5 Å². The van der Waals surface area contributed by atoms with Crippen molar-refractivity contribution in [3.05, 3.63) is 42.0 Å². The minimum atomic E-state index is -2.68. The lowest BCUT2D eigenvalue weighted by atomic mass is 10.1. The Morgan fingerprint density at radius 2 is 2.00 bits per heavy atom. The van der Waals surface area contributed by atoms with Gasteiger partial charge in [0.1, 0.15) is 5.82 Å². The highest BCUT2D eigenvalue weighted by Crippen LogP contribution is 2.22. The number of halogens is 3. The van der Waals surface area contributed by atoms with Crippen LogP contribution in [-0.4, -0.2) is 9.78 Å². The molecule has 0 atom stereocenters. The quantitative estimate of drug-likeness (QED) is 0.767. The smallest absolute Gasteiger partial charge is 0.211 e. The van der Waals surface area contributed by atoms with E-state index in [2.05, 4.69) is 5.10 Å². The van der Waals surface area contributed by atoms with E-state index < -0.39 is 6.55 Å². The molecule has 0 aliphatic rings. The van der Waals surface area contributed by atoms with E-state index in [-0.39, 0.29) is 5.82 Å². The average Bonchev–Trinajstić information content (AvgIpc) is 2.71. The molecule has 16 heavy (non-hydrogen) atoms. The summed E-state index contributed by atoms with van der Waals surface area (Å²) >= 11 is 0. The van der Waals surface area contributed by atoms with Crippen molar-refractivity contribution in [3.63, 3.8) is 0 Å². The minimum absolute atomic E-state index is 0.359. The fourth-order valence-corrected chi connectivity index (χ4v) is 1.37. The molecule has 0 spiro atoms. The molecule has 0 bridgehead atoms. The number of rotatable bonds is 2. The van der Waals surface area contributed by atoms with Crippen molar-refractivity contribution in [2.75, 3.05) is 0 Å². The third kappa shape index (κ3) is 1.93. The van der Waals surface area contributed by atoms with Crippen molar-refractivity contribution < 1.29 is 13.2 Å². The Hall–Kier alpha value is -1.78. The maximum Gasteiger partial charge on any atom is 0.333 e. The third-order valence-corrected chi connectivity index (χ3v) is 2.31. The molecule has 0 radical (unpaired) electrons. The average molecular weight is 226 g/mol. The van der Waals surface area contributed by atoms with E-state index in [1.165, 1.54) is 18.5 Å². The summed E-state index contributed by atoms with van der Waals surface area (Å²) in [4.78, 5) is 0. The van der Waals surface area contributed by atoms with E-state index in [0.717, 1.165) is 0 Å². The first-order valence-corrected chi connectivity index (χ1v) is 4.67. The highest BCUT2D eigenvalue weighted by Gasteiger charge is 2.09. The number of hydrogen-bond donors (Lipinski definition) is 0. The summed E-state index contributed by atoms with van der Waals surface area (Å²) in [6, 6.07) is 4.58. The summed E-state index contributed by atoms with van der Waals surface area (Å²) in [5.41, 5.74) is 1.53. The van der Waals surface area contributed by atoms with Gasteiger partial charge in [0.25, 0.3) is 0 Å². The summed E-state index contributed by atoms with van der Waals surface area (Å²) in [5.74, 6) is -0.359. The Kier molecular flexibility index (Phi) is 2.68. The normalized spacial score (nSPS) is 11.1. The Labute approximate surface area is 90.3 Å². The van der Waals surface area contributed by atoms with Gasteiger partial charge in [0.05, 0.1) is 6.20 Å². The Morgan fingerprint density at radius 1 is 1.25 bits per heavy atom. The van der Waals surface area contributed by atoms with Gasteiger partial charge < -0.3 is 0 Å². The molecule has 0 saturated heterocycles. The lowest BCUT2D eigenvalue weighted by Crippen LogP contribution is -1.96. The Bertz CT molecular complexity index is 506. The molecule has 5 heteroatoms. The Balaban J connectivity index is 2.39. The van der Waals surface area contributed by atoms with Crippen LogP contribution in [0.2, 0.25) is 0 Å². The molecule has 0 N–H and O–H groups in total. The van der Waals surface area contributed by atoms with Crippen LogP contribution in [0.15, 0.2) is 30.6 Å². The zero-order valence-electron chi connectivity index (χ0n) is 8.49. The lowest BCUT2D eigenvalue weighted by Gasteiger charge is -2.00. The van der Waals surface area contributed by atoms with Crippen molar-refractivity contribution >= 4 is 0 Å². The zero-order chi connectivity index (χ0) is 11.7. The number of aromatic nitrogens is 2. The molecule has 0 aliphatic heterocycles. The topological polar surface area (TPSA) is 17.8 Å². The van der Waals surface area contributed by atoms with Gasteiger partial charge in [-0.3, -0.25) is 0 Å². The highest BCUT2D eigenvalue weighted by molar-refractivity contribution is 5.62. The molecule has 1 heterocycles. The van der Waals surface area contributed by atoms with E-state index in [1.807, 2.05) is 0 Å². The third-order valence-electron chi connectivity index (χ3n) is 2.31. The molecular formula is C11H9F3N2. The number of benzene rings is 1. The highest BCUT2D eigenvalue weighted by atomic mass is 19.3. The molecule has 1 aromatic heterocycles. The van der Waals surface area contributed by atoms with Gasteiger partial charge in [0.2, 0.25) is 0 Å². The predicted molar refractivity (Wildman–Crippen MR) is 53.6 cm³/mol. The monoisotopic (exact) mass is 226 g/mol. The van der Waals surface area contributed by atoms with E-state index in [9.17, 15) is 13.2 Å². The molecule has 2 rings (SSSR count). The summed E-state index contributed by atoms with van der Waals surface area (Å²) in [6.45, 7) is -1.04. The molecule has 84 valence electrons. The molecule has 0 amide bonds. The lowest BCUT2D eigenvalue weighted by molar-refractivity contribution is 0.0566. The van der Waals surface area contributed by atoms with Gasteiger partial charge in [0.15, 0.2) is 0 Å². The molecule has 0 aliphatic carbocycles. The summed E-state index contributed by atoms with van der Waals surface area (Å²) in [5, 5.41) is 3.49. The van der Waals surface area contributed by atoms with Crippen molar-refractivity contribution in [3.8, 4) is 11.1 Å². The van der Waals surface area contributed by atoms with Gasteiger partial charge >= 0.3 is 6.55 Å². The second-order valence-corrected chi connectivity index (χ2v) is 3.45. The van der Waals surface area contributed by atoms with Gasteiger partial charge in [-0.05, 0) is 24.1 Å². The van der Waals surface area contributed by atoms with Crippen molar-refractivity contribution in [1.29, 1.82) is 0 Å². The van der Waals surface area contributed by atoms with E-state index in [0.29, 0.717) is 21.4 Å². The number of alkyl halides is 2. The molecule has 2 nitrogen and oxygen atoms in total. The minimum Gasteiger partial charge on any atom is -0.211 e. The van der Waals surface area contributed by atoms with Gasteiger partial charge in [-0.1, -0.05) is 12.1 Å². The first-order chi connectivity index (χ1) is 7.58. The van der Waals surface area contributed by atoms with Crippen LogP contribution in [0.25, 0.3) is 11.1 Å². The van der Waals surface area contributed by atoms with Gasteiger partial charge in [-0.15, -0.1) is 0 Å². The first kappa shape index (κ1) is 10.7. The van der Waals surface area contributed by atoms with E-state index in [4.69, 9.17) is 0 Å². The summed E-state index contributed by atoms with van der Waals surface area (Å²) in [7, 11) is 0. The van der Waals surface area contributed by atoms with Crippen LogP contribution in [0.1, 0.15) is 12.1 Å². The SMILES string of the molecule is Cc1ccc(-c2cnn(C(F)F)c2)cc1F. The van der Waals surface area contributed by atoms with Gasteiger partial charge in [-0.25, -0.2) is 9.07 Å². The predicted octanol–water partition coefficient (Wildman–Crippen LogP) is 3.39. The summed E-state index contributed by atoms with van der Waals surface area (Å²) < 4.78 is 38.3. The molecular weight excluding hydrogens is 217 g/mol. The number of hydrogen-bond acceptors (Lipinski definition) is 1. The van der Waals surface area contributed by atoms with Crippen LogP contribution in [0.4, 0.5) is 13.2 Å².